The lowest BCUT2D eigenvalue weighted by molar-refractivity contribution is 0.0697. The Kier molecular flexibility index (Phi) is 4.07. The van der Waals surface area contributed by atoms with Crippen LogP contribution in [0.1, 0.15) is 29.3 Å². The normalized spacial score (nSPS) is 10.5. The van der Waals surface area contributed by atoms with Gasteiger partial charge in [0.1, 0.15) is 11.6 Å². The van der Waals surface area contributed by atoms with Gasteiger partial charge in [0.05, 0.1) is 17.4 Å². The minimum absolute atomic E-state index is 0.100. The summed E-state index contributed by atoms with van der Waals surface area (Å²) >= 11 is 0. The van der Waals surface area contributed by atoms with E-state index in [0.29, 0.717) is 34.6 Å². The van der Waals surface area contributed by atoms with Crippen molar-refractivity contribution in [3.63, 3.8) is 0 Å². The molecule has 0 amide bonds. The van der Waals surface area contributed by atoms with E-state index >= 15 is 0 Å². The predicted molar refractivity (Wildman–Crippen MR) is 87.1 cm³/mol. The summed E-state index contributed by atoms with van der Waals surface area (Å²) < 4.78 is 1.51. The highest BCUT2D eigenvalue weighted by Gasteiger charge is 2.14. The molecule has 0 spiro atoms. The summed E-state index contributed by atoms with van der Waals surface area (Å²) in [5, 5.41) is 26.2. The fourth-order valence-corrected chi connectivity index (χ4v) is 2.29. The molecule has 8 heteroatoms. The Morgan fingerprint density at radius 2 is 2.17 bits per heavy atom. The number of pyridine rings is 2. The molecule has 0 atom stereocenters. The maximum absolute atomic E-state index is 11.3. The number of carboxylic acid groups (broad SMARTS) is 1. The number of rotatable bonds is 5. The summed E-state index contributed by atoms with van der Waals surface area (Å²) in [4.78, 5) is 19.7. The molecule has 24 heavy (non-hydrogen) atoms. The van der Waals surface area contributed by atoms with Crippen molar-refractivity contribution in [1.82, 2.24) is 19.7 Å². The zero-order chi connectivity index (χ0) is 17.1. The zero-order valence-electron chi connectivity index (χ0n) is 12.9. The Morgan fingerprint density at radius 3 is 2.88 bits per heavy atom. The highest BCUT2D eigenvalue weighted by atomic mass is 16.4. The number of aromatic carboxylic acids is 1. The average Bonchev–Trinajstić information content (AvgIpc) is 3.02. The molecular formula is C16H14N6O2. The standard InChI is InChI=1S/C16H14N6O2/c1-2-3-18-13-5-14(19-9-12(13)16(23)24)22-15-11(8-21-22)4-10(6-17)7-20-15/h4-5,7-9H,2-3H2,1H3,(H,18,19)(H,23,24). The van der Waals surface area contributed by atoms with E-state index < -0.39 is 5.97 Å². The Bertz CT molecular complexity index is 957. The quantitative estimate of drug-likeness (QED) is 0.739. The zero-order valence-corrected chi connectivity index (χ0v) is 12.9. The molecule has 0 aliphatic carbocycles. The van der Waals surface area contributed by atoms with Crippen molar-refractivity contribution in [2.75, 3.05) is 11.9 Å². The molecule has 0 saturated heterocycles. The Morgan fingerprint density at radius 1 is 1.33 bits per heavy atom. The van der Waals surface area contributed by atoms with E-state index in [4.69, 9.17) is 5.26 Å². The monoisotopic (exact) mass is 322 g/mol. The maximum Gasteiger partial charge on any atom is 0.339 e. The van der Waals surface area contributed by atoms with Gasteiger partial charge in [-0.25, -0.2) is 14.8 Å². The number of carboxylic acids is 1. The summed E-state index contributed by atoms with van der Waals surface area (Å²) in [6, 6.07) is 5.35. The van der Waals surface area contributed by atoms with Gasteiger partial charge in [-0.1, -0.05) is 6.92 Å². The van der Waals surface area contributed by atoms with Gasteiger partial charge in [-0.3, -0.25) is 0 Å². The van der Waals surface area contributed by atoms with Crippen LogP contribution >= 0.6 is 0 Å². The smallest absolute Gasteiger partial charge is 0.339 e. The molecular weight excluding hydrogens is 308 g/mol. The number of fused-ring (bicyclic) bond motifs is 1. The summed E-state index contributed by atoms with van der Waals surface area (Å²) in [5.74, 6) is -0.597. The number of anilines is 1. The lowest BCUT2D eigenvalue weighted by atomic mass is 10.2. The third-order valence-electron chi connectivity index (χ3n) is 3.44. The van der Waals surface area contributed by atoms with E-state index in [9.17, 15) is 9.90 Å². The van der Waals surface area contributed by atoms with Crippen LogP contribution in [-0.4, -0.2) is 37.4 Å². The number of carbonyl (C=O) groups is 1. The number of nitrogens with one attached hydrogen (secondary N) is 1. The first-order chi connectivity index (χ1) is 11.6. The van der Waals surface area contributed by atoms with Gasteiger partial charge in [-0.15, -0.1) is 0 Å². The van der Waals surface area contributed by atoms with E-state index in [1.165, 1.54) is 17.1 Å². The molecule has 3 heterocycles. The molecule has 0 unspecified atom stereocenters. The van der Waals surface area contributed by atoms with Crippen molar-refractivity contribution in [2.45, 2.75) is 13.3 Å². The first kappa shape index (κ1) is 15.4. The lowest BCUT2D eigenvalue weighted by Gasteiger charge is -2.10. The SMILES string of the molecule is CCCNc1cc(-n2ncc3cc(C#N)cnc32)ncc1C(=O)O. The maximum atomic E-state index is 11.3. The van der Waals surface area contributed by atoms with Crippen molar-refractivity contribution < 1.29 is 9.90 Å². The van der Waals surface area contributed by atoms with Crippen LogP contribution in [0.2, 0.25) is 0 Å². The van der Waals surface area contributed by atoms with Crippen molar-refractivity contribution in [3.05, 3.63) is 41.9 Å². The van der Waals surface area contributed by atoms with E-state index in [1.54, 1.807) is 18.3 Å². The summed E-state index contributed by atoms with van der Waals surface area (Å²) in [7, 11) is 0. The number of aromatic nitrogens is 4. The van der Waals surface area contributed by atoms with Crippen LogP contribution in [0.4, 0.5) is 5.69 Å². The third kappa shape index (κ3) is 2.75. The molecule has 3 aromatic rings. The molecule has 3 rings (SSSR count). The highest BCUT2D eigenvalue weighted by Crippen LogP contribution is 2.21. The molecule has 0 aromatic carbocycles. The Labute approximate surface area is 137 Å². The van der Waals surface area contributed by atoms with Gasteiger partial charge in [0, 0.05) is 30.4 Å². The second kappa shape index (κ2) is 6.34. The molecule has 120 valence electrons. The lowest BCUT2D eigenvalue weighted by Crippen LogP contribution is -2.10. The molecule has 0 fully saturated rings. The van der Waals surface area contributed by atoms with Gasteiger partial charge < -0.3 is 10.4 Å². The van der Waals surface area contributed by atoms with Gasteiger partial charge in [0.25, 0.3) is 0 Å². The van der Waals surface area contributed by atoms with Crippen molar-refractivity contribution in [3.8, 4) is 11.9 Å². The molecule has 2 N–H and O–H groups in total. The Balaban J connectivity index is 2.09. The van der Waals surface area contributed by atoms with Gasteiger partial charge in [0.15, 0.2) is 11.5 Å². The molecule has 0 aliphatic heterocycles. The Hall–Kier alpha value is -3.47. The number of hydrogen-bond donors (Lipinski definition) is 2. The first-order valence-electron chi connectivity index (χ1n) is 7.35. The minimum atomic E-state index is -1.05. The first-order valence-corrected chi connectivity index (χ1v) is 7.35. The van der Waals surface area contributed by atoms with Crippen LogP contribution in [0.15, 0.2) is 30.7 Å². The minimum Gasteiger partial charge on any atom is -0.478 e. The van der Waals surface area contributed by atoms with Gasteiger partial charge in [0.2, 0.25) is 0 Å². The van der Waals surface area contributed by atoms with E-state index in [1.807, 2.05) is 13.0 Å². The number of hydrogen-bond acceptors (Lipinski definition) is 6. The molecule has 3 aromatic heterocycles. The van der Waals surface area contributed by atoms with Crippen LogP contribution in [0.3, 0.4) is 0 Å². The fourth-order valence-electron chi connectivity index (χ4n) is 2.29. The average molecular weight is 322 g/mol. The summed E-state index contributed by atoms with van der Waals surface area (Å²) in [5.41, 5.74) is 1.57. The highest BCUT2D eigenvalue weighted by molar-refractivity contribution is 5.94. The fraction of sp³-hybridized carbons (Fsp3) is 0.188. The van der Waals surface area contributed by atoms with Crippen LogP contribution < -0.4 is 5.32 Å². The van der Waals surface area contributed by atoms with Crippen molar-refractivity contribution in [1.29, 1.82) is 5.26 Å². The van der Waals surface area contributed by atoms with Gasteiger partial charge in [-0.05, 0) is 12.5 Å². The number of nitrogens with zero attached hydrogens (tertiary/aromatic N) is 5. The second-order valence-electron chi connectivity index (χ2n) is 5.13. The predicted octanol–water partition coefficient (Wildman–Crippen LogP) is 2.21. The van der Waals surface area contributed by atoms with Crippen LogP contribution in [0.5, 0.6) is 0 Å². The molecule has 8 nitrogen and oxygen atoms in total. The molecule has 0 aliphatic rings. The van der Waals surface area contributed by atoms with Crippen molar-refractivity contribution >= 4 is 22.7 Å². The van der Waals surface area contributed by atoms with Gasteiger partial charge >= 0.3 is 5.97 Å². The summed E-state index contributed by atoms with van der Waals surface area (Å²) in [6.07, 6.45) is 5.21. The molecule has 0 saturated carbocycles. The van der Waals surface area contributed by atoms with Crippen LogP contribution in [-0.2, 0) is 0 Å². The molecule has 0 radical (unpaired) electrons. The van der Waals surface area contributed by atoms with Crippen LogP contribution in [0, 0.1) is 11.3 Å². The van der Waals surface area contributed by atoms with E-state index in [-0.39, 0.29) is 5.56 Å². The second-order valence-corrected chi connectivity index (χ2v) is 5.13. The number of nitriles is 1. The van der Waals surface area contributed by atoms with Crippen molar-refractivity contribution in [2.24, 2.45) is 0 Å². The van der Waals surface area contributed by atoms with Gasteiger partial charge in [-0.2, -0.15) is 15.0 Å². The molecule has 0 bridgehead atoms. The topological polar surface area (TPSA) is 117 Å². The van der Waals surface area contributed by atoms with E-state index in [0.717, 1.165) is 6.42 Å². The summed E-state index contributed by atoms with van der Waals surface area (Å²) in [6.45, 7) is 2.64. The van der Waals surface area contributed by atoms with E-state index in [2.05, 4.69) is 20.4 Å². The van der Waals surface area contributed by atoms with Crippen LogP contribution in [0.25, 0.3) is 16.9 Å². The third-order valence-corrected chi connectivity index (χ3v) is 3.44. The largest absolute Gasteiger partial charge is 0.478 e.